The molecule has 0 bridgehead atoms. The van der Waals surface area contributed by atoms with Crippen LogP contribution in [-0.4, -0.2) is 24.7 Å². The molecule has 0 aliphatic carbocycles. The summed E-state index contributed by atoms with van der Waals surface area (Å²) in [5.74, 6) is -2.05. The second kappa shape index (κ2) is 7.48. The Bertz CT molecular complexity index is 1260. The number of hydrogen-bond acceptors (Lipinski definition) is 6. The van der Waals surface area contributed by atoms with Crippen molar-refractivity contribution in [1.29, 1.82) is 0 Å². The molecule has 0 saturated carbocycles. The number of hydrogen-bond donors (Lipinski definition) is 2. The number of rotatable bonds is 4. The van der Waals surface area contributed by atoms with Gasteiger partial charge in [-0.2, -0.15) is 0 Å². The highest BCUT2D eigenvalue weighted by molar-refractivity contribution is 7.90. The van der Waals surface area contributed by atoms with Crippen molar-refractivity contribution in [3.63, 3.8) is 0 Å². The van der Waals surface area contributed by atoms with E-state index in [9.17, 15) is 17.2 Å². The number of halogens is 2. The molecule has 1 aliphatic rings. The lowest BCUT2D eigenvalue weighted by molar-refractivity contribution is 0.301. The normalized spacial score (nSPS) is 17.1. The Morgan fingerprint density at radius 1 is 1.13 bits per heavy atom. The minimum absolute atomic E-state index is 0.0109. The zero-order chi connectivity index (χ0) is 21.5. The summed E-state index contributed by atoms with van der Waals surface area (Å²) in [4.78, 5) is 4.01. The Morgan fingerprint density at radius 3 is 2.60 bits per heavy atom. The quantitative estimate of drug-likeness (QED) is 0.655. The molecule has 0 saturated heterocycles. The van der Waals surface area contributed by atoms with Crippen molar-refractivity contribution in [3.05, 3.63) is 70.5 Å². The van der Waals surface area contributed by atoms with Gasteiger partial charge in [0.05, 0.1) is 12.2 Å². The van der Waals surface area contributed by atoms with Crippen LogP contribution in [0.3, 0.4) is 0 Å². The van der Waals surface area contributed by atoms with Gasteiger partial charge in [-0.3, -0.25) is 0 Å². The first-order valence-electron chi connectivity index (χ1n) is 8.97. The fourth-order valence-corrected chi connectivity index (χ4v) is 4.43. The molecule has 2 heterocycles. The summed E-state index contributed by atoms with van der Waals surface area (Å²) in [7, 11) is -4.02. The average Bonchev–Trinajstić information content (AvgIpc) is 3.10. The lowest BCUT2D eigenvalue weighted by atomic mass is 9.91. The van der Waals surface area contributed by atoms with E-state index in [4.69, 9.17) is 0 Å². The number of anilines is 1. The molecule has 2 aromatic carbocycles. The summed E-state index contributed by atoms with van der Waals surface area (Å²) in [6.07, 6.45) is 0. The van der Waals surface area contributed by atoms with Crippen LogP contribution in [-0.2, 0) is 16.6 Å². The Balaban J connectivity index is 1.79. The van der Waals surface area contributed by atoms with Gasteiger partial charge in [-0.15, -0.1) is 0 Å². The summed E-state index contributed by atoms with van der Waals surface area (Å²) in [6, 6.07) is 8.17. The standard InChI is InChI=1S/C19H17F2N5O3S/c1-10(12-5-3-4-6-13(12)20)17-14(21)7-8-16-18(17)23-19(26-30(16,27)28)22-9-15-11(2)24-29-25-15/h3-8,10H,9H2,1-2H3,(H2,22,23,26). The number of benzene rings is 2. The predicted octanol–water partition coefficient (Wildman–Crippen LogP) is 3.07. The maximum absolute atomic E-state index is 14.8. The van der Waals surface area contributed by atoms with Crippen molar-refractivity contribution in [2.24, 2.45) is 4.99 Å². The van der Waals surface area contributed by atoms with Crippen LogP contribution in [0, 0.1) is 18.6 Å². The Labute approximate surface area is 171 Å². The highest BCUT2D eigenvalue weighted by Gasteiger charge is 2.32. The Morgan fingerprint density at radius 2 is 1.90 bits per heavy atom. The predicted molar refractivity (Wildman–Crippen MR) is 104 cm³/mol. The maximum atomic E-state index is 14.8. The van der Waals surface area contributed by atoms with Crippen molar-refractivity contribution in [2.45, 2.75) is 31.2 Å². The third-order valence-corrected chi connectivity index (χ3v) is 6.24. The van der Waals surface area contributed by atoms with Crippen LogP contribution in [0.15, 0.2) is 50.9 Å². The fourth-order valence-electron chi connectivity index (χ4n) is 3.28. The van der Waals surface area contributed by atoms with Gasteiger partial charge in [0.25, 0.3) is 10.0 Å². The molecule has 4 rings (SSSR count). The first kappa shape index (κ1) is 20.0. The van der Waals surface area contributed by atoms with Crippen molar-refractivity contribution in [1.82, 2.24) is 15.0 Å². The molecule has 8 nitrogen and oxygen atoms in total. The molecule has 0 radical (unpaired) electrons. The van der Waals surface area contributed by atoms with E-state index >= 15 is 0 Å². The van der Waals surface area contributed by atoms with Crippen molar-refractivity contribution in [2.75, 3.05) is 5.32 Å². The molecular formula is C19H17F2N5O3S. The molecule has 30 heavy (non-hydrogen) atoms. The highest BCUT2D eigenvalue weighted by Crippen LogP contribution is 2.38. The molecule has 0 spiro atoms. The van der Waals surface area contributed by atoms with E-state index in [0.717, 1.165) is 12.1 Å². The van der Waals surface area contributed by atoms with Crippen LogP contribution in [0.4, 0.5) is 14.5 Å². The molecule has 3 aromatic rings. The third kappa shape index (κ3) is 3.52. The van der Waals surface area contributed by atoms with Gasteiger partial charge in [-0.25, -0.2) is 31.5 Å². The molecule has 1 unspecified atom stereocenters. The van der Waals surface area contributed by atoms with E-state index in [-0.39, 0.29) is 34.2 Å². The number of aromatic nitrogens is 2. The lowest BCUT2D eigenvalue weighted by Gasteiger charge is -2.26. The molecule has 156 valence electrons. The van der Waals surface area contributed by atoms with E-state index < -0.39 is 27.6 Å². The zero-order valence-corrected chi connectivity index (χ0v) is 16.8. The summed E-state index contributed by atoms with van der Waals surface area (Å²) in [5.41, 5.74) is 1.21. The number of aliphatic imine (C=N–C) groups is 1. The second-order valence-electron chi connectivity index (χ2n) is 6.77. The summed E-state index contributed by atoms with van der Waals surface area (Å²) in [6.45, 7) is 3.26. The maximum Gasteiger partial charge on any atom is 0.266 e. The number of guanidine groups is 1. The van der Waals surface area contributed by atoms with Crippen LogP contribution < -0.4 is 10.0 Å². The first-order valence-corrected chi connectivity index (χ1v) is 10.5. The molecule has 0 fully saturated rings. The van der Waals surface area contributed by atoms with Crippen LogP contribution in [0.25, 0.3) is 0 Å². The van der Waals surface area contributed by atoms with Gasteiger partial charge in [0.15, 0.2) is 0 Å². The van der Waals surface area contributed by atoms with Gasteiger partial charge in [0, 0.05) is 11.5 Å². The minimum atomic E-state index is -4.02. The van der Waals surface area contributed by atoms with Crippen LogP contribution in [0.1, 0.15) is 35.4 Å². The molecule has 1 atom stereocenters. The van der Waals surface area contributed by atoms with Crippen LogP contribution in [0.5, 0.6) is 0 Å². The average molecular weight is 433 g/mol. The number of aryl methyl sites for hydroxylation is 1. The highest BCUT2D eigenvalue weighted by atomic mass is 32.2. The topological polar surface area (TPSA) is 109 Å². The number of fused-ring (bicyclic) bond motifs is 1. The molecule has 2 N–H and O–H groups in total. The van der Waals surface area contributed by atoms with E-state index in [1.807, 2.05) is 0 Å². The van der Waals surface area contributed by atoms with Gasteiger partial charge in [0.1, 0.15) is 27.9 Å². The van der Waals surface area contributed by atoms with Crippen molar-refractivity contribution in [3.8, 4) is 0 Å². The number of sulfonamides is 1. The molecular weight excluding hydrogens is 416 g/mol. The van der Waals surface area contributed by atoms with Crippen molar-refractivity contribution >= 4 is 21.7 Å². The molecule has 0 amide bonds. The molecule has 1 aliphatic heterocycles. The first-order chi connectivity index (χ1) is 14.3. The third-order valence-electron chi connectivity index (χ3n) is 4.86. The number of nitrogens with one attached hydrogen (secondary N) is 2. The van der Waals surface area contributed by atoms with E-state index in [0.29, 0.717) is 11.4 Å². The van der Waals surface area contributed by atoms with E-state index in [1.165, 1.54) is 18.2 Å². The Kier molecular flexibility index (Phi) is 4.98. The SMILES string of the molecule is Cc1nonc1CN=C1Nc2c(ccc(F)c2C(C)c2ccccc2F)S(=O)(=O)N1. The Hall–Kier alpha value is -3.34. The molecule has 1 aromatic heterocycles. The smallest absolute Gasteiger partial charge is 0.266 e. The monoisotopic (exact) mass is 433 g/mol. The second-order valence-corrected chi connectivity index (χ2v) is 8.42. The van der Waals surface area contributed by atoms with E-state index in [2.05, 4.69) is 30.0 Å². The van der Waals surface area contributed by atoms with Gasteiger partial charge in [-0.05, 0) is 30.7 Å². The van der Waals surface area contributed by atoms with E-state index in [1.54, 1.807) is 19.9 Å². The lowest BCUT2D eigenvalue weighted by Crippen LogP contribution is -2.41. The van der Waals surface area contributed by atoms with Gasteiger partial charge < -0.3 is 5.32 Å². The van der Waals surface area contributed by atoms with Crippen molar-refractivity contribution < 1.29 is 21.8 Å². The van der Waals surface area contributed by atoms with Crippen LogP contribution in [0.2, 0.25) is 0 Å². The largest absolute Gasteiger partial charge is 0.324 e. The molecule has 11 heteroatoms. The van der Waals surface area contributed by atoms with Gasteiger partial charge >= 0.3 is 0 Å². The minimum Gasteiger partial charge on any atom is -0.324 e. The summed E-state index contributed by atoms with van der Waals surface area (Å²) >= 11 is 0. The zero-order valence-electron chi connectivity index (χ0n) is 16.0. The van der Waals surface area contributed by atoms with Gasteiger partial charge in [0.2, 0.25) is 5.96 Å². The number of nitrogens with zero attached hydrogens (tertiary/aromatic N) is 3. The summed E-state index contributed by atoms with van der Waals surface area (Å²) in [5, 5.41) is 10.2. The fraction of sp³-hybridized carbons (Fsp3) is 0.211. The summed E-state index contributed by atoms with van der Waals surface area (Å²) < 4.78 is 61.5. The van der Waals surface area contributed by atoms with Crippen LogP contribution >= 0.6 is 0 Å². The van der Waals surface area contributed by atoms with Gasteiger partial charge in [-0.1, -0.05) is 35.4 Å².